The molecule has 0 bridgehead atoms. The SMILES string of the molecule is COc1cccc(S(=O)(=O)N2CCCNCC2)c1. The van der Waals surface area contributed by atoms with Crippen molar-refractivity contribution < 1.29 is 13.2 Å². The van der Waals surface area contributed by atoms with Gasteiger partial charge in [-0.2, -0.15) is 4.31 Å². The fourth-order valence-corrected chi connectivity index (χ4v) is 3.49. The zero-order valence-corrected chi connectivity index (χ0v) is 11.2. The van der Waals surface area contributed by atoms with Crippen LogP contribution in [0.15, 0.2) is 29.2 Å². The first-order chi connectivity index (χ1) is 8.64. The van der Waals surface area contributed by atoms with Crippen LogP contribution in [0.4, 0.5) is 0 Å². The highest BCUT2D eigenvalue weighted by molar-refractivity contribution is 7.89. The summed E-state index contributed by atoms with van der Waals surface area (Å²) in [6.45, 7) is 2.64. The molecule has 6 heteroatoms. The molecule has 1 aliphatic rings. The van der Waals surface area contributed by atoms with E-state index < -0.39 is 10.0 Å². The molecule has 1 aromatic carbocycles. The number of ether oxygens (including phenoxy) is 1. The van der Waals surface area contributed by atoms with Gasteiger partial charge in [0.25, 0.3) is 0 Å². The Kier molecular flexibility index (Phi) is 4.21. The number of hydrogen-bond donors (Lipinski definition) is 1. The van der Waals surface area contributed by atoms with Crippen molar-refractivity contribution in [2.24, 2.45) is 0 Å². The van der Waals surface area contributed by atoms with Gasteiger partial charge in [0.1, 0.15) is 5.75 Å². The smallest absolute Gasteiger partial charge is 0.243 e. The highest BCUT2D eigenvalue weighted by Gasteiger charge is 2.25. The van der Waals surface area contributed by atoms with Crippen LogP contribution in [0.25, 0.3) is 0 Å². The van der Waals surface area contributed by atoms with Crippen LogP contribution in [0.2, 0.25) is 0 Å². The minimum atomic E-state index is -3.40. The van der Waals surface area contributed by atoms with E-state index in [9.17, 15) is 8.42 Å². The lowest BCUT2D eigenvalue weighted by Gasteiger charge is -2.19. The van der Waals surface area contributed by atoms with Crippen LogP contribution in [0.5, 0.6) is 5.75 Å². The molecule has 1 saturated heterocycles. The molecular formula is C12H18N2O3S. The quantitative estimate of drug-likeness (QED) is 0.877. The van der Waals surface area contributed by atoms with Gasteiger partial charge in [0, 0.05) is 25.7 Å². The first-order valence-electron chi connectivity index (χ1n) is 5.99. The zero-order valence-electron chi connectivity index (χ0n) is 10.4. The van der Waals surface area contributed by atoms with Crippen LogP contribution in [0.1, 0.15) is 6.42 Å². The predicted molar refractivity (Wildman–Crippen MR) is 69.2 cm³/mol. The zero-order chi connectivity index (χ0) is 13.0. The molecule has 0 radical (unpaired) electrons. The Morgan fingerprint density at radius 2 is 2.11 bits per heavy atom. The Balaban J connectivity index is 2.28. The Hall–Kier alpha value is -1.11. The van der Waals surface area contributed by atoms with E-state index in [-0.39, 0.29) is 0 Å². The van der Waals surface area contributed by atoms with E-state index in [0.29, 0.717) is 30.3 Å². The van der Waals surface area contributed by atoms with Gasteiger partial charge in [-0.05, 0) is 25.1 Å². The summed E-state index contributed by atoms with van der Waals surface area (Å²) in [5.74, 6) is 0.559. The fourth-order valence-electron chi connectivity index (χ4n) is 1.97. The summed E-state index contributed by atoms with van der Waals surface area (Å²) in [5, 5.41) is 3.19. The van der Waals surface area contributed by atoms with E-state index in [4.69, 9.17) is 4.74 Å². The average molecular weight is 270 g/mol. The van der Waals surface area contributed by atoms with Gasteiger partial charge in [-0.15, -0.1) is 0 Å². The van der Waals surface area contributed by atoms with Gasteiger partial charge in [-0.3, -0.25) is 0 Å². The molecule has 0 amide bonds. The van der Waals surface area contributed by atoms with Crippen LogP contribution in [0.3, 0.4) is 0 Å². The summed E-state index contributed by atoms with van der Waals surface area (Å²) in [6.07, 6.45) is 0.837. The summed E-state index contributed by atoms with van der Waals surface area (Å²) in [4.78, 5) is 0.295. The second kappa shape index (κ2) is 5.69. The molecule has 1 fully saturated rings. The molecule has 0 atom stereocenters. The Morgan fingerprint density at radius 1 is 1.28 bits per heavy atom. The van der Waals surface area contributed by atoms with Crippen molar-refractivity contribution in [3.8, 4) is 5.75 Å². The lowest BCUT2D eigenvalue weighted by atomic mass is 10.3. The van der Waals surface area contributed by atoms with E-state index in [1.54, 1.807) is 24.3 Å². The standard InChI is InChI=1S/C12H18N2O3S/c1-17-11-4-2-5-12(10-11)18(15,16)14-8-3-6-13-7-9-14/h2,4-5,10,13H,3,6-9H2,1H3. The molecule has 100 valence electrons. The second-order valence-corrected chi connectivity index (χ2v) is 6.12. The molecule has 5 nitrogen and oxygen atoms in total. The van der Waals surface area contributed by atoms with Crippen molar-refractivity contribution >= 4 is 10.0 Å². The second-order valence-electron chi connectivity index (χ2n) is 4.19. The molecule has 0 unspecified atom stereocenters. The third kappa shape index (κ3) is 2.82. The van der Waals surface area contributed by atoms with Crippen LogP contribution in [0, 0.1) is 0 Å². The molecule has 18 heavy (non-hydrogen) atoms. The first kappa shape index (κ1) is 13.3. The van der Waals surface area contributed by atoms with Crippen molar-refractivity contribution in [3.05, 3.63) is 24.3 Å². The Morgan fingerprint density at radius 3 is 2.89 bits per heavy atom. The summed E-state index contributed by atoms with van der Waals surface area (Å²) < 4.78 is 31.5. The molecule has 1 heterocycles. The van der Waals surface area contributed by atoms with Crippen LogP contribution in [-0.4, -0.2) is 46.0 Å². The van der Waals surface area contributed by atoms with E-state index in [1.807, 2.05) is 0 Å². The normalized spacial score (nSPS) is 18.3. The minimum Gasteiger partial charge on any atom is -0.497 e. The van der Waals surface area contributed by atoms with E-state index in [1.165, 1.54) is 11.4 Å². The van der Waals surface area contributed by atoms with Gasteiger partial charge in [0.05, 0.1) is 12.0 Å². The van der Waals surface area contributed by atoms with E-state index >= 15 is 0 Å². The lowest BCUT2D eigenvalue weighted by molar-refractivity contribution is 0.411. The number of nitrogens with zero attached hydrogens (tertiary/aromatic N) is 1. The van der Waals surface area contributed by atoms with Gasteiger partial charge in [-0.25, -0.2) is 8.42 Å². The highest BCUT2D eigenvalue weighted by Crippen LogP contribution is 2.21. The van der Waals surface area contributed by atoms with Crippen molar-refractivity contribution in [3.63, 3.8) is 0 Å². The monoisotopic (exact) mass is 270 g/mol. The molecule has 0 aliphatic carbocycles. The molecule has 0 aromatic heterocycles. The molecule has 0 saturated carbocycles. The largest absolute Gasteiger partial charge is 0.497 e. The molecular weight excluding hydrogens is 252 g/mol. The fraction of sp³-hybridized carbons (Fsp3) is 0.500. The highest BCUT2D eigenvalue weighted by atomic mass is 32.2. The molecule has 0 spiro atoms. The lowest BCUT2D eigenvalue weighted by Crippen LogP contribution is -2.34. The Bertz CT molecular complexity index is 494. The van der Waals surface area contributed by atoms with E-state index in [0.717, 1.165) is 13.0 Å². The van der Waals surface area contributed by atoms with Crippen molar-refractivity contribution in [2.45, 2.75) is 11.3 Å². The van der Waals surface area contributed by atoms with Gasteiger partial charge in [0.2, 0.25) is 10.0 Å². The third-order valence-electron chi connectivity index (χ3n) is 2.98. The number of rotatable bonds is 3. The van der Waals surface area contributed by atoms with Gasteiger partial charge < -0.3 is 10.1 Å². The minimum absolute atomic E-state index is 0.295. The number of benzene rings is 1. The maximum Gasteiger partial charge on any atom is 0.243 e. The number of nitrogens with one attached hydrogen (secondary N) is 1. The molecule has 2 rings (SSSR count). The van der Waals surface area contributed by atoms with Gasteiger partial charge in [-0.1, -0.05) is 6.07 Å². The van der Waals surface area contributed by atoms with Crippen molar-refractivity contribution in [1.29, 1.82) is 0 Å². The van der Waals surface area contributed by atoms with Gasteiger partial charge >= 0.3 is 0 Å². The van der Waals surface area contributed by atoms with Crippen LogP contribution >= 0.6 is 0 Å². The summed E-state index contributed by atoms with van der Waals surface area (Å²) >= 11 is 0. The molecule has 1 aliphatic heterocycles. The van der Waals surface area contributed by atoms with Crippen LogP contribution < -0.4 is 10.1 Å². The number of methoxy groups -OCH3 is 1. The topological polar surface area (TPSA) is 58.6 Å². The third-order valence-corrected chi connectivity index (χ3v) is 4.87. The predicted octanol–water partition coefficient (Wildman–Crippen LogP) is 0.679. The van der Waals surface area contributed by atoms with E-state index in [2.05, 4.69) is 5.32 Å². The van der Waals surface area contributed by atoms with Crippen molar-refractivity contribution in [1.82, 2.24) is 9.62 Å². The van der Waals surface area contributed by atoms with Gasteiger partial charge in [0.15, 0.2) is 0 Å². The summed E-state index contributed by atoms with van der Waals surface area (Å²) in [6, 6.07) is 6.61. The maximum absolute atomic E-state index is 12.5. The summed E-state index contributed by atoms with van der Waals surface area (Å²) in [5.41, 5.74) is 0. The number of sulfonamides is 1. The average Bonchev–Trinajstić information content (AvgIpc) is 2.68. The number of hydrogen-bond acceptors (Lipinski definition) is 4. The summed E-state index contributed by atoms with van der Waals surface area (Å²) in [7, 11) is -1.88. The Labute approximate surface area is 108 Å². The first-order valence-corrected chi connectivity index (χ1v) is 7.43. The molecule has 1 aromatic rings. The maximum atomic E-state index is 12.5. The van der Waals surface area contributed by atoms with Crippen molar-refractivity contribution in [2.75, 3.05) is 33.3 Å². The molecule has 1 N–H and O–H groups in total. The van der Waals surface area contributed by atoms with Crippen LogP contribution in [-0.2, 0) is 10.0 Å².